The summed E-state index contributed by atoms with van der Waals surface area (Å²) >= 11 is 0. The fraction of sp³-hybridized carbons (Fsp3) is 0.750. The molecule has 1 saturated heterocycles. The zero-order valence-electron chi connectivity index (χ0n) is 10.0. The van der Waals surface area contributed by atoms with Crippen LogP contribution in [0.3, 0.4) is 0 Å². The van der Waals surface area contributed by atoms with Gasteiger partial charge in [0.1, 0.15) is 0 Å². The average molecular weight is 210 g/mol. The largest absolute Gasteiger partial charge is 0.351 e. The molecule has 0 aromatic rings. The molecule has 0 radical (unpaired) electrons. The van der Waals surface area contributed by atoms with E-state index in [2.05, 4.69) is 10.6 Å². The lowest BCUT2D eigenvalue weighted by Gasteiger charge is -2.33. The highest BCUT2D eigenvalue weighted by Gasteiger charge is 2.33. The number of hydrogen-bond acceptors (Lipinski definition) is 2. The Hall–Kier alpha value is -0.830. The minimum atomic E-state index is -0.353. The molecule has 0 aliphatic carbocycles. The number of carbonyl (C=O) groups excluding carboxylic acids is 1. The fourth-order valence-corrected chi connectivity index (χ4v) is 1.79. The van der Waals surface area contributed by atoms with Crippen LogP contribution in [-0.2, 0) is 4.79 Å². The lowest BCUT2D eigenvalue weighted by molar-refractivity contribution is -0.127. The quantitative estimate of drug-likeness (QED) is 0.695. The van der Waals surface area contributed by atoms with E-state index in [1.165, 1.54) is 12.0 Å². The molecule has 1 amide bonds. The molecule has 2 N–H and O–H groups in total. The Labute approximate surface area is 92.3 Å². The van der Waals surface area contributed by atoms with Crippen molar-refractivity contribution in [3.8, 4) is 0 Å². The van der Waals surface area contributed by atoms with Crippen molar-refractivity contribution in [3.05, 3.63) is 11.6 Å². The molecule has 3 heteroatoms. The van der Waals surface area contributed by atoms with Gasteiger partial charge in [0.2, 0.25) is 5.91 Å². The third-order valence-electron chi connectivity index (χ3n) is 2.89. The summed E-state index contributed by atoms with van der Waals surface area (Å²) in [6.07, 6.45) is 5.29. The topological polar surface area (TPSA) is 41.1 Å². The Balaban J connectivity index is 2.41. The first kappa shape index (κ1) is 12.2. The molecule has 1 atom stereocenters. The highest BCUT2D eigenvalue weighted by Crippen LogP contribution is 2.18. The lowest BCUT2D eigenvalue weighted by Crippen LogP contribution is -2.56. The summed E-state index contributed by atoms with van der Waals surface area (Å²) in [7, 11) is 0. The molecule has 1 aliphatic heterocycles. The summed E-state index contributed by atoms with van der Waals surface area (Å²) in [4.78, 5) is 11.9. The van der Waals surface area contributed by atoms with Crippen molar-refractivity contribution in [2.24, 2.45) is 0 Å². The molecule has 0 aromatic carbocycles. The van der Waals surface area contributed by atoms with Crippen LogP contribution < -0.4 is 10.6 Å². The summed E-state index contributed by atoms with van der Waals surface area (Å²) < 4.78 is 0. The third-order valence-corrected chi connectivity index (χ3v) is 2.89. The van der Waals surface area contributed by atoms with Gasteiger partial charge in [0.05, 0.1) is 5.54 Å². The second kappa shape index (κ2) is 5.31. The molecular formula is C12H22N2O. The number of piperidine rings is 1. The van der Waals surface area contributed by atoms with Crippen molar-refractivity contribution in [1.29, 1.82) is 0 Å². The molecule has 1 rings (SSSR count). The van der Waals surface area contributed by atoms with Crippen molar-refractivity contribution in [2.45, 2.75) is 45.6 Å². The standard InChI is InChI=1S/C12H22N2O/c1-10(2)6-9-13-11(15)12(3)7-4-5-8-14-12/h6,14H,4-5,7-9H2,1-3H3,(H,13,15). The normalized spacial score (nSPS) is 25.8. The molecule has 1 fully saturated rings. The Morgan fingerprint density at radius 2 is 2.20 bits per heavy atom. The summed E-state index contributed by atoms with van der Waals surface area (Å²) in [5.41, 5.74) is 0.880. The monoisotopic (exact) mass is 210 g/mol. The first-order chi connectivity index (χ1) is 7.04. The Kier molecular flexibility index (Phi) is 4.33. The predicted octanol–water partition coefficient (Wildman–Crippen LogP) is 1.60. The van der Waals surface area contributed by atoms with Crippen molar-refractivity contribution in [1.82, 2.24) is 10.6 Å². The Bertz CT molecular complexity index is 248. The smallest absolute Gasteiger partial charge is 0.240 e. The number of allylic oxidation sites excluding steroid dienone is 1. The van der Waals surface area contributed by atoms with Crippen LogP contribution in [0, 0.1) is 0 Å². The van der Waals surface area contributed by atoms with Crippen molar-refractivity contribution >= 4 is 5.91 Å². The van der Waals surface area contributed by atoms with E-state index in [1.807, 2.05) is 26.8 Å². The molecule has 3 nitrogen and oxygen atoms in total. The van der Waals surface area contributed by atoms with Gasteiger partial charge in [-0.05, 0) is 46.6 Å². The zero-order valence-corrected chi connectivity index (χ0v) is 10.0. The molecule has 1 aliphatic rings. The van der Waals surface area contributed by atoms with E-state index in [0.717, 1.165) is 19.4 Å². The molecule has 0 saturated carbocycles. The van der Waals surface area contributed by atoms with E-state index in [1.54, 1.807) is 0 Å². The fourth-order valence-electron chi connectivity index (χ4n) is 1.79. The lowest BCUT2D eigenvalue weighted by atomic mass is 9.90. The van der Waals surface area contributed by atoms with E-state index in [4.69, 9.17) is 0 Å². The van der Waals surface area contributed by atoms with Crippen LogP contribution in [0.4, 0.5) is 0 Å². The van der Waals surface area contributed by atoms with E-state index in [9.17, 15) is 4.79 Å². The first-order valence-corrected chi connectivity index (χ1v) is 5.71. The minimum Gasteiger partial charge on any atom is -0.351 e. The molecule has 0 aromatic heterocycles. The van der Waals surface area contributed by atoms with Gasteiger partial charge in [0.25, 0.3) is 0 Å². The van der Waals surface area contributed by atoms with E-state index in [0.29, 0.717) is 6.54 Å². The second-order valence-electron chi connectivity index (χ2n) is 4.71. The van der Waals surface area contributed by atoms with Crippen molar-refractivity contribution in [2.75, 3.05) is 13.1 Å². The molecule has 86 valence electrons. The number of rotatable bonds is 3. The Morgan fingerprint density at radius 3 is 2.73 bits per heavy atom. The van der Waals surface area contributed by atoms with E-state index < -0.39 is 0 Å². The maximum atomic E-state index is 11.9. The predicted molar refractivity (Wildman–Crippen MR) is 62.7 cm³/mol. The number of hydrogen-bond donors (Lipinski definition) is 2. The number of amides is 1. The van der Waals surface area contributed by atoms with Gasteiger partial charge in [-0.3, -0.25) is 4.79 Å². The first-order valence-electron chi connectivity index (χ1n) is 5.71. The summed E-state index contributed by atoms with van der Waals surface area (Å²) in [6, 6.07) is 0. The van der Waals surface area contributed by atoms with Gasteiger partial charge >= 0.3 is 0 Å². The maximum absolute atomic E-state index is 11.9. The van der Waals surface area contributed by atoms with Crippen LogP contribution in [0.25, 0.3) is 0 Å². The second-order valence-corrected chi connectivity index (χ2v) is 4.71. The van der Waals surface area contributed by atoms with Gasteiger partial charge in [-0.25, -0.2) is 0 Å². The van der Waals surface area contributed by atoms with Gasteiger partial charge in [0.15, 0.2) is 0 Å². The SMILES string of the molecule is CC(C)=CCNC(=O)C1(C)CCCCN1. The van der Waals surface area contributed by atoms with Crippen LogP contribution >= 0.6 is 0 Å². The summed E-state index contributed by atoms with van der Waals surface area (Å²) in [5, 5.41) is 6.25. The van der Waals surface area contributed by atoms with Gasteiger partial charge < -0.3 is 10.6 Å². The van der Waals surface area contributed by atoms with Crippen LogP contribution in [0.1, 0.15) is 40.0 Å². The highest BCUT2D eigenvalue weighted by atomic mass is 16.2. The molecular weight excluding hydrogens is 188 g/mol. The number of nitrogens with one attached hydrogen (secondary N) is 2. The van der Waals surface area contributed by atoms with Gasteiger partial charge in [0, 0.05) is 6.54 Å². The molecule has 0 spiro atoms. The third kappa shape index (κ3) is 3.67. The van der Waals surface area contributed by atoms with Crippen molar-refractivity contribution < 1.29 is 4.79 Å². The van der Waals surface area contributed by atoms with Gasteiger partial charge in [-0.2, -0.15) is 0 Å². The molecule has 15 heavy (non-hydrogen) atoms. The van der Waals surface area contributed by atoms with Gasteiger partial charge in [-0.1, -0.05) is 11.6 Å². The zero-order chi connectivity index (χ0) is 11.3. The molecule has 1 unspecified atom stereocenters. The number of carbonyl (C=O) groups is 1. The van der Waals surface area contributed by atoms with Crippen LogP contribution in [0.15, 0.2) is 11.6 Å². The minimum absolute atomic E-state index is 0.125. The highest BCUT2D eigenvalue weighted by molar-refractivity contribution is 5.86. The summed E-state index contributed by atoms with van der Waals surface area (Å²) in [6.45, 7) is 7.65. The van der Waals surface area contributed by atoms with Crippen LogP contribution in [-0.4, -0.2) is 24.5 Å². The Morgan fingerprint density at radius 1 is 1.47 bits per heavy atom. The van der Waals surface area contributed by atoms with E-state index >= 15 is 0 Å². The van der Waals surface area contributed by atoms with Crippen LogP contribution in [0.5, 0.6) is 0 Å². The van der Waals surface area contributed by atoms with Crippen molar-refractivity contribution in [3.63, 3.8) is 0 Å². The van der Waals surface area contributed by atoms with E-state index in [-0.39, 0.29) is 11.4 Å². The molecule has 0 bridgehead atoms. The maximum Gasteiger partial charge on any atom is 0.240 e. The summed E-state index contributed by atoms with van der Waals surface area (Å²) in [5.74, 6) is 0.125. The average Bonchev–Trinajstić information content (AvgIpc) is 2.18. The van der Waals surface area contributed by atoms with Crippen LogP contribution in [0.2, 0.25) is 0 Å². The molecule has 1 heterocycles. The van der Waals surface area contributed by atoms with Gasteiger partial charge in [-0.15, -0.1) is 0 Å².